The molecule has 0 amide bonds. The lowest BCUT2D eigenvalue weighted by Gasteiger charge is -2.22. The Morgan fingerprint density at radius 1 is 1.28 bits per heavy atom. The van der Waals surface area contributed by atoms with Gasteiger partial charge in [0.2, 0.25) is 0 Å². The van der Waals surface area contributed by atoms with Gasteiger partial charge in [-0.15, -0.1) is 0 Å². The first-order valence-corrected chi connectivity index (χ1v) is 7.22. The smallest absolute Gasteiger partial charge is 0.170 e. The monoisotopic (exact) mass is 306 g/mol. The molecule has 1 aliphatic carbocycles. The van der Waals surface area contributed by atoms with E-state index in [-0.39, 0.29) is 0 Å². The van der Waals surface area contributed by atoms with Crippen molar-refractivity contribution < 1.29 is 4.79 Å². The second-order valence-electron chi connectivity index (χ2n) is 4.90. The summed E-state index contributed by atoms with van der Waals surface area (Å²) in [4.78, 5) is 11.1. The van der Waals surface area contributed by atoms with Crippen molar-refractivity contribution in [2.45, 2.75) is 38.1 Å². The highest BCUT2D eigenvalue weighted by Gasteiger charge is 2.20. The van der Waals surface area contributed by atoms with Crippen molar-refractivity contribution in [1.29, 1.82) is 0 Å². The van der Waals surface area contributed by atoms with E-state index >= 15 is 0 Å². The highest BCUT2D eigenvalue weighted by atomic mass is 79.9. The van der Waals surface area contributed by atoms with E-state index in [2.05, 4.69) is 25.7 Å². The SMILES string of the molecule is O=Cc1nn(C2CCCCC2)c2ccc(Br)cc12. The van der Waals surface area contributed by atoms with Crippen LogP contribution in [0.3, 0.4) is 0 Å². The Morgan fingerprint density at radius 2 is 2.06 bits per heavy atom. The van der Waals surface area contributed by atoms with E-state index in [1.165, 1.54) is 32.1 Å². The number of nitrogens with zero attached hydrogens (tertiary/aromatic N) is 2. The van der Waals surface area contributed by atoms with Gasteiger partial charge in [0.25, 0.3) is 0 Å². The molecule has 1 aromatic heterocycles. The minimum atomic E-state index is 0.455. The highest BCUT2D eigenvalue weighted by molar-refractivity contribution is 9.10. The third-order valence-electron chi connectivity index (χ3n) is 3.73. The number of rotatable bonds is 2. The number of aromatic nitrogens is 2. The largest absolute Gasteiger partial charge is 0.296 e. The molecule has 0 unspecified atom stereocenters. The second kappa shape index (κ2) is 4.84. The van der Waals surface area contributed by atoms with Crippen LogP contribution in [-0.2, 0) is 0 Å². The van der Waals surface area contributed by atoms with Crippen molar-refractivity contribution in [3.8, 4) is 0 Å². The van der Waals surface area contributed by atoms with Crippen LogP contribution in [0, 0.1) is 0 Å². The van der Waals surface area contributed by atoms with E-state index in [0.717, 1.165) is 21.7 Å². The van der Waals surface area contributed by atoms with Gasteiger partial charge in [0.15, 0.2) is 6.29 Å². The Morgan fingerprint density at radius 3 is 2.78 bits per heavy atom. The van der Waals surface area contributed by atoms with Crippen LogP contribution in [-0.4, -0.2) is 16.1 Å². The Bertz CT molecular complexity index is 585. The van der Waals surface area contributed by atoms with Crippen molar-refractivity contribution in [2.24, 2.45) is 0 Å². The van der Waals surface area contributed by atoms with Gasteiger partial charge in [0.1, 0.15) is 5.69 Å². The summed E-state index contributed by atoms with van der Waals surface area (Å²) in [6.45, 7) is 0. The van der Waals surface area contributed by atoms with Crippen molar-refractivity contribution >= 4 is 33.1 Å². The van der Waals surface area contributed by atoms with E-state index in [1.54, 1.807) is 0 Å². The van der Waals surface area contributed by atoms with Gasteiger partial charge in [-0.25, -0.2) is 0 Å². The number of hydrogen-bond donors (Lipinski definition) is 0. The first-order valence-electron chi connectivity index (χ1n) is 6.42. The maximum Gasteiger partial charge on any atom is 0.170 e. The zero-order chi connectivity index (χ0) is 12.5. The molecule has 0 N–H and O–H groups in total. The van der Waals surface area contributed by atoms with E-state index < -0.39 is 0 Å². The summed E-state index contributed by atoms with van der Waals surface area (Å²) in [5, 5.41) is 5.45. The molecule has 1 fully saturated rings. The Kier molecular flexibility index (Phi) is 3.20. The minimum absolute atomic E-state index is 0.455. The number of carbonyl (C=O) groups is 1. The van der Waals surface area contributed by atoms with Crippen LogP contribution in [0.1, 0.15) is 48.6 Å². The summed E-state index contributed by atoms with van der Waals surface area (Å²) in [5.74, 6) is 0. The third kappa shape index (κ3) is 1.99. The molecule has 94 valence electrons. The van der Waals surface area contributed by atoms with E-state index in [1.807, 2.05) is 18.2 Å². The summed E-state index contributed by atoms with van der Waals surface area (Å²) in [6.07, 6.45) is 7.05. The molecule has 0 aliphatic heterocycles. The summed E-state index contributed by atoms with van der Waals surface area (Å²) >= 11 is 3.45. The summed E-state index contributed by atoms with van der Waals surface area (Å²) in [6, 6.07) is 6.49. The number of carbonyl (C=O) groups excluding carboxylic acids is 1. The predicted molar refractivity (Wildman–Crippen MR) is 74.9 cm³/mol. The maximum absolute atomic E-state index is 11.1. The van der Waals surface area contributed by atoms with Crippen LogP contribution < -0.4 is 0 Å². The average molecular weight is 307 g/mol. The highest BCUT2D eigenvalue weighted by Crippen LogP contribution is 2.32. The molecule has 1 aliphatic rings. The van der Waals surface area contributed by atoms with Crippen molar-refractivity contribution in [2.75, 3.05) is 0 Å². The van der Waals surface area contributed by atoms with Crippen molar-refractivity contribution in [1.82, 2.24) is 9.78 Å². The molecule has 1 aromatic carbocycles. The van der Waals surface area contributed by atoms with Crippen molar-refractivity contribution in [3.05, 3.63) is 28.4 Å². The Hall–Kier alpha value is -1.16. The van der Waals surface area contributed by atoms with Gasteiger partial charge in [0.05, 0.1) is 11.6 Å². The first-order chi connectivity index (χ1) is 8.79. The molecule has 18 heavy (non-hydrogen) atoms. The van der Waals surface area contributed by atoms with Gasteiger partial charge >= 0.3 is 0 Å². The van der Waals surface area contributed by atoms with Crippen LogP contribution >= 0.6 is 15.9 Å². The topological polar surface area (TPSA) is 34.9 Å². The zero-order valence-electron chi connectivity index (χ0n) is 10.1. The Labute approximate surface area is 114 Å². The molecule has 3 rings (SSSR count). The molecular weight excluding hydrogens is 292 g/mol. The van der Waals surface area contributed by atoms with Gasteiger partial charge in [-0.3, -0.25) is 9.48 Å². The number of fused-ring (bicyclic) bond motifs is 1. The van der Waals surface area contributed by atoms with E-state index in [9.17, 15) is 4.79 Å². The van der Waals surface area contributed by atoms with Crippen LogP contribution in [0.25, 0.3) is 10.9 Å². The van der Waals surface area contributed by atoms with Crippen LogP contribution in [0.5, 0.6) is 0 Å². The lowest BCUT2D eigenvalue weighted by atomic mass is 9.95. The fraction of sp³-hybridized carbons (Fsp3) is 0.429. The molecule has 0 radical (unpaired) electrons. The number of benzene rings is 1. The molecule has 1 saturated carbocycles. The molecular formula is C14H15BrN2O. The number of hydrogen-bond acceptors (Lipinski definition) is 2. The van der Waals surface area contributed by atoms with Gasteiger partial charge < -0.3 is 0 Å². The molecule has 3 nitrogen and oxygen atoms in total. The molecule has 0 saturated heterocycles. The van der Waals surface area contributed by atoms with E-state index in [4.69, 9.17) is 0 Å². The summed E-state index contributed by atoms with van der Waals surface area (Å²) < 4.78 is 3.05. The van der Waals surface area contributed by atoms with Gasteiger partial charge in [-0.2, -0.15) is 5.10 Å². The molecule has 0 atom stereocenters. The maximum atomic E-state index is 11.1. The fourth-order valence-electron chi connectivity index (χ4n) is 2.83. The predicted octanol–water partition coefficient (Wildman–Crippen LogP) is 4.12. The van der Waals surface area contributed by atoms with Crippen molar-refractivity contribution in [3.63, 3.8) is 0 Å². The molecule has 0 bridgehead atoms. The fourth-order valence-corrected chi connectivity index (χ4v) is 3.19. The number of aldehydes is 1. The molecule has 0 spiro atoms. The molecule has 4 heteroatoms. The second-order valence-corrected chi connectivity index (χ2v) is 5.82. The Balaban J connectivity index is 2.13. The first kappa shape index (κ1) is 11.9. The zero-order valence-corrected chi connectivity index (χ0v) is 11.7. The van der Waals surface area contributed by atoms with Crippen LogP contribution in [0.4, 0.5) is 0 Å². The average Bonchev–Trinajstić information content (AvgIpc) is 2.77. The number of halogens is 1. The van der Waals surface area contributed by atoms with Gasteiger partial charge in [-0.1, -0.05) is 35.2 Å². The third-order valence-corrected chi connectivity index (χ3v) is 4.22. The quantitative estimate of drug-likeness (QED) is 0.782. The molecule has 1 heterocycles. The summed E-state index contributed by atoms with van der Waals surface area (Å²) in [5.41, 5.74) is 1.63. The van der Waals surface area contributed by atoms with Crippen LogP contribution in [0.15, 0.2) is 22.7 Å². The lowest BCUT2D eigenvalue weighted by molar-refractivity contribution is 0.111. The van der Waals surface area contributed by atoms with Gasteiger partial charge in [0, 0.05) is 9.86 Å². The molecule has 2 aromatic rings. The minimum Gasteiger partial charge on any atom is -0.296 e. The van der Waals surface area contributed by atoms with Gasteiger partial charge in [-0.05, 0) is 31.0 Å². The normalized spacial score (nSPS) is 17.2. The summed E-state index contributed by atoms with van der Waals surface area (Å²) in [7, 11) is 0. The standard InChI is InChI=1S/C14H15BrN2O/c15-10-6-7-14-12(8-10)13(9-18)16-17(14)11-4-2-1-3-5-11/h6-9,11H,1-5H2. The van der Waals surface area contributed by atoms with Crippen LogP contribution in [0.2, 0.25) is 0 Å². The lowest BCUT2D eigenvalue weighted by Crippen LogP contribution is -2.14. The van der Waals surface area contributed by atoms with E-state index in [0.29, 0.717) is 11.7 Å².